The maximum absolute atomic E-state index is 13.4. The van der Waals surface area contributed by atoms with E-state index in [9.17, 15) is 23.7 Å². The summed E-state index contributed by atoms with van der Waals surface area (Å²) in [5.41, 5.74) is 7.91. The maximum atomic E-state index is 13.4. The number of halogens is 1. The Morgan fingerprint density at radius 3 is 2.38 bits per heavy atom. The van der Waals surface area contributed by atoms with E-state index in [0.717, 1.165) is 75.7 Å². The lowest BCUT2D eigenvalue weighted by Crippen LogP contribution is -2.53. The van der Waals surface area contributed by atoms with Gasteiger partial charge in [-0.3, -0.25) is 29.2 Å². The van der Waals surface area contributed by atoms with E-state index in [1.165, 1.54) is 20.3 Å². The lowest BCUT2D eigenvalue weighted by Gasteiger charge is -2.43. The number of benzene rings is 3. The number of amides is 3. The predicted molar refractivity (Wildman–Crippen MR) is 259 cm³/mol. The number of anilines is 3. The van der Waals surface area contributed by atoms with Crippen LogP contribution < -0.4 is 36.6 Å². The van der Waals surface area contributed by atoms with Crippen LogP contribution in [0.15, 0.2) is 81.9 Å². The summed E-state index contributed by atoms with van der Waals surface area (Å²) in [6.45, 7) is 14.3. The number of para-hydroxylation sites is 1. The Morgan fingerprint density at radius 1 is 1.00 bits per heavy atom. The van der Waals surface area contributed by atoms with Crippen molar-refractivity contribution in [2.75, 3.05) is 102 Å². The third kappa shape index (κ3) is 12.2. The molecule has 16 nitrogen and oxygen atoms in total. The number of carbonyl (C=O) groups is 4. The lowest BCUT2D eigenvalue weighted by atomic mass is 10.0. The molecule has 5 N–H and O–H groups in total. The highest BCUT2D eigenvalue weighted by Crippen LogP contribution is 2.39. The third-order valence-corrected chi connectivity index (χ3v) is 13.5. The fraction of sp³-hybridized carbons (Fsp3) is 0.435. The highest BCUT2D eigenvalue weighted by molar-refractivity contribution is 7.70. The number of piperidine rings is 1. The molecule has 0 saturated carbocycles. The van der Waals surface area contributed by atoms with Crippen LogP contribution in [0.5, 0.6) is 5.75 Å². The first-order chi connectivity index (χ1) is 30.9. The van der Waals surface area contributed by atoms with Crippen LogP contribution in [0.4, 0.5) is 22.7 Å². The van der Waals surface area contributed by atoms with Crippen molar-refractivity contribution >= 4 is 83.4 Å². The molecule has 3 aromatic rings. The highest BCUT2D eigenvalue weighted by Gasteiger charge is 2.41. The second-order valence-corrected chi connectivity index (χ2v) is 19.6. The van der Waals surface area contributed by atoms with Crippen molar-refractivity contribution in [1.82, 2.24) is 20.0 Å². The van der Waals surface area contributed by atoms with E-state index >= 15 is 0 Å². The topological polar surface area (TPSA) is 194 Å². The van der Waals surface area contributed by atoms with Gasteiger partial charge in [-0.2, -0.15) is 0 Å². The van der Waals surface area contributed by atoms with E-state index in [4.69, 9.17) is 21.3 Å². The SMILES string of the molecule is C=N/C=C(/Cl)C(=Nc1ccccc1P(C)(C)=O)Nc1ccc(N2CCC(N3CCN(CCCNc4cccc5c4C(=O)N(C(C=O)CCC(=O)NC)C5=O)CC3)CC2)cc1OC.CN. The van der Waals surface area contributed by atoms with Gasteiger partial charge in [0.05, 0.1) is 35.7 Å². The van der Waals surface area contributed by atoms with Crippen LogP contribution in [0.1, 0.15) is 52.8 Å². The fourth-order valence-corrected chi connectivity index (χ4v) is 9.59. The van der Waals surface area contributed by atoms with E-state index in [1.807, 2.05) is 36.4 Å². The quantitative estimate of drug-likeness (QED) is 0.0325. The molecule has 1 atom stereocenters. The number of amidine groups is 1. The fourth-order valence-electron chi connectivity index (χ4n) is 8.31. The summed E-state index contributed by atoms with van der Waals surface area (Å²) in [5, 5.41) is 10.1. The number of nitrogens with zero attached hydrogens (tertiary/aromatic N) is 6. The summed E-state index contributed by atoms with van der Waals surface area (Å²) < 4.78 is 18.9. The zero-order chi connectivity index (χ0) is 46.4. The van der Waals surface area contributed by atoms with Gasteiger partial charge >= 0.3 is 0 Å². The predicted octanol–water partition coefficient (Wildman–Crippen LogP) is 5.22. The lowest BCUT2D eigenvalue weighted by molar-refractivity contribution is -0.121. The smallest absolute Gasteiger partial charge is 0.264 e. The average Bonchev–Trinajstić information content (AvgIpc) is 3.57. The van der Waals surface area contributed by atoms with Gasteiger partial charge < -0.3 is 45.6 Å². The van der Waals surface area contributed by atoms with Gasteiger partial charge in [-0.05, 0) is 95.7 Å². The number of hydrogen-bond donors (Lipinski definition) is 4. The zero-order valence-corrected chi connectivity index (χ0v) is 39.2. The molecule has 3 amide bonds. The van der Waals surface area contributed by atoms with E-state index in [0.29, 0.717) is 52.8 Å². The van der Waals surface area contributed by atoms with Gasteiger partial charge in [0.15, 0.2) is 5.84 Å². The van der Waals surface area contributed by atoms with Crippen LogP contribution in [0.25, 0.3) is 0 Å². The first-order valence-corrected chi connectivity index (χ1v) is 24.5. The number of carbonyl (C=O) groups excluding carboxylic acids is 4. The summed E-state index contributed by atoms with van der Waals surface area (Å²) in [6.07, 6.45) is 5.03. The first-order valence-electron chi connectivity index (χ1n) is 21.6. The normalized spacial score (nSPS) is 17.0. The number of aldehydes is 1. The Balaban J connectivity index is 0.00000380. The van der Waals surface area contributed by atoms with Crippen LogP contribution in [0.3, 0.4) is 0 Å². The van der Waals surface area contributed by atoms with Gasteiger partial charge in [-0.1, -0.05) is 29.8 Å². The Morgan fingerprint density at radius 2 is 1.72 bits per heavy atom. The van der Waals surface area contributed by atoms with Crippen LogP contribution in [-0.2, 0) is 14.2 Å². The third-order valence-electron chi connectivity index (χ3n) is 11.7. The maximum Gasteiger partial charge on any atom is 0.264 e. The highest BCUT2D eigenvalue weighted by atomic mass is 35.5. The van der Waals surface area contributed by atoms with E-state index in [1.54, 1.807) is 38.6 Å². The standard InChI is InChI=1S/C45H57ClN9O6P.CH5N/c1-47-29-35(46)43(51-37-11-6-7-13-40(37)62(4,5)60)50-36-16-14-32(28-39(36)61-3)53-22-18-31(19-23-53)54-26-24-52(25-27-54)21-9-20-49-38-12-8-10-34-42(38)45(59)55(44(34)58)33(30-56)15-17-41(57)48-2;1-2/h6-8,10-14,16,28-31,33,49H,1,9,15,17-27H2,2-5H3,(H,48,57)(H,50,51);2H2,1H3/b35-29+;. The molecule has 0 bridgehead atoms. The van der Waals surface area contributed by atoms with Gasteiger partial charge in [0.2, 0.25) is 5.91 Å². The van der Waals surface area contributed by atoms with Crippen molar-refractivity contribution in [3.8, 4) is 5.75 Å². The molecule has 0 radical (unpaired) electrons. The zero-order valence-electron chi connectivity index (χ0n) is 37.5. The van der Waals surface area contributed by atoms with Crippen LogP contribution >= 0.6 is 18.7 Å². The molecule has 3 heterocycles. The van der Waals surface area contributed by atoms with Gasteiger partial charge in [-0.25, -0.2) is 4.99 Å². The second kappa shape index (κ2) is 23.5. The summed E-state index contributed by atoms with van der Waals surface area (Å²) >= 11 is 6.62. The van der Waals surface area contributed by atoms with Crippen LogP contribution in [0, 0.1) is 0 Å². The van der Waals surface area contributed by atoms with Crippen molar-refractivity contribution in [1.29, 1.82) is 0 Å². The minimum Gasteiger partial charge on any atom is -0.494 e. The molecule has 0 aliphatic carbocycles. The van der Waals surface area contributed by atoms with Crippen molar-refractivity contribution in [3.05, 3.63) is 83.0 Å². The Bertz CT molecular complexity index is 2250. The second-order valence-electron chi connectivity index (χ2n) is 16.0. The number of piperazine rings is 1. The Kier molecular flexibility index (Phi) is 18.2. The largest absolute Gasteiger partial charge is 0.494 e. The number of hydrogen-bond acceptors (Lipinski definition) is 13. The molecule has 18 heteroatoms. The molecule has 3 aliphatic heterocycles. The Hall–Kier alpha value is -5.38. The van der Waals surface area contributed by atoms with Gasteiger partial charge in [-0.15, -0.1) is 0 Å². The molecule has 2 fully saturated rings. The summed E-state index contributed by atoms with van der Waals surface area (Å²) in [4.78, 5) is 67.3. The van der Waals surface area contributed by atoms with E-state index in [-0.39, 0.29) is 34.9 Å². The monoisotopic (exact) mass is 916 g/mol. The molecule has 0 spiro atoms. The van der Waals surface area contributed by atoms with Crippen molar-refractivity contribution in [3.63, 3.8) is 0 Å². The van der Waals surface area contributed by atoms with E-state index in [2.05, 4.69) is 54.2 Å². The number of nitrogens with one attached hydrogen (secondary N) is 3. The van der Waals surface area contributed by atoms with Gasteiger partial charge in [0, 0.05) is 94.3 Å². The van der Waals surface area contributed by atoms with Crippen molar-refractivity contribution in [2.24, 2.45) is 15.7 Å². The number of aliphatic imine (C=N–C) groups is 2. The number of fused-ring (bicyclic) bond motifs is 1. The molecule has 64 heavy (non-hydrogen) atoms. The van der Waals surface area contributed by atoms with Crippen molar-refractivity contribution < 1.29 is 28.5 Å². The van der Waals surface area contributed by atoms with Crippen LogP contribution in [0.2, 0.25) is 0 Å². The first kappa shape index (κ1) is 49.6. The average molecular weight is 917 g/mol. The van der Waals surface area contributed by atoms with Crippen LogP contribution in [-0.4, -0.2) is 150 Å². The summed E-state index contributed by atoms with van der Waals surface area (Å²) in [7, 11) is 2.01. The molecule has 6 rings (SSSR count). The minimum absolute atomic E-state index is 0.0308. The van der Waals surface area contributed by atoms with Gasteiger partial charge in [0.25, 0.3) is 11.8 Å². The Labute approximate surface area is 381 Å². The number of imide groups is 1. The molecular weight excluding hydrogens is 855 g/mol. The number of nitrogens with two attached hydrogens (primary N) is 1. The molecule has 1 unspecified atom stereocenters. The summed E-state index contributed by atoms with van der Waals surface area (Å²) in [5.74, 6) is -0.339. The molecule has 0 aromatic heterocycles. The minimum atomic E-state index is -2.62. The molecule has 3 aliphatic rings. The molecule has 3 aromatic carbocycles. The number of methoxy groups -OCH3 is 1. The van der Waals surface area contributed by atoms with Crippen molar-refractivity contribution in [2.45, 2.75) is 44.2 Å². The van der Waals surface area contributed by atoms with Gasteiger partial charge in [0.1, 0.15) is 24.2 Å². The molecule has 2 saturated heterocycles. The number of rotatable bonds is 18. The molecular formula is C46H62ClN10O6P. The molecule has 344 valence electrons. The number of ether oxygens (including phenoxy) is 1. The van der Waals surface area contributed by atoms with E-state index < -0.39 is 25.0 Å². The summed E-state index contributed by atoms with van der Waals surface area (Å²) in [6, 6.07) is 18.0.